The van der Waals surface area contributed by atoms with Crippen LogP contribution in [0.15, 0.2) is 46.9 Å². The van der Waals surface area contributed by atoms with Gasteiger partial charge in [0.15, 0.2) is 5.58 Å². The molecule has 0 aliphatic carbocycles. The van der Waals surface area contributed by atoms with E-state index >= 15 is 0 Å². The van der Waals surface area contributed by atoms with Crippen molar-refractivity contribution < 1.29 is 4.42 Å². The molecule has 1 heterocycles. The first kappa shape index (κ1) is 10.8. The lowest BCUT2D eigenvalue weighted by atomic mass is 10.1. The van der Waals surface area contributed by atoms with Crippen LogP contribution in [0.25, 0.3) is 22.6 Å². The van der Waals surface area contributed by atoms with E-state index < -0.39 is 0 Å². The fourth-order valence-electron chi connectivity index (χ4n) is 2.10. The molecule has 0 spiro atoms. The minimum absolute atomic E-state index is 0.660. The van der Waals surface area contributed by atoms with Gasteiger partial charge < -0.3 is 10.2 Å². The summed E-state index contributed by atoms with van der Waals surface area (Å²) in [5, 5.41) is 0. The second-order valence-electron chi connectivity index (χ2n) is 4.26. The molecule has 1 aromatic heterocycles. The molecule has 0 saturated carbocycles. The first-order valence-electron chi connectivity index (χ1n) is 6.02. The van der Waals surface area contributed by atoms with Crippen molar-refractivity contribution in [3.05, 3.63) is 48.0 Å². The molecule has 18 heavy (non-hydrogen) atoms. The zero-order valence-corrected chi connectivity index (χ0v) is 10.2. The number of aromatic nitrogens is 1. The van der Waals surface area contributed by atoms with Crippen LogP contribution in [0.2, 0.25) is 0 Å². The fourth-order valence-corrected chi connectivity index (χ4v) is 2.10. The van der Waals surface area contributed by atoms with Gasteiger partial charge in [-0.05, 0) is 36.2 Å². The summed E-state index contributed by atoms with van der Waals surface area (Å²) in [4.78, 5) is 4.51. The Morgan fingerprint density at radius 2 is 2.00 bits per heavy atom. The highest BCUT2D eigenvalue weighted by atomic mass is 16.3. The summed E-state index contributed by atoms with van der Waals surface area (Å²) in [7, 11) is 0. The van der Waals surface area contributed by atoms with Crippen molar-refractivity contribution in [1.82, 2.24) is 4.98 Å². The summed E-state index contributed by atoms with van der Waals surface area (Å²) in [6.45, 7) is 2.12. The van der Waals surface area contributed by atoms with E-state index in [0.717, 1.165) is 23.1 Å². The van der Waals surface area contributed by atoms with Crippen molar-refractivity contribution >= 4 is 16.8 Å². The number of nitrogens with two attached hydrogens (primary N) is 1. The number of hydrogen-bond donors (Lipinski definition) is 1. The monoisotopic (exact) mass is 238 g/mol. The SMILES string of the molecule is CCc1ccccc1-c1nc2cc(N)ccc2o1. The lowest BCUT2D eigenvalue weighted by Crippen LogP contribution is -1.86. The summed E-state index contributed by atoms with van der Waals surface area (Å²) >= 11 is 0. The first-order chi connectivity index (χ1) is 8.78. The normalized spacial score (nSPS) is 10.9. The van der Waals surface area contributed by atoms with Gasteiger partial charge in [-0.2, -0.15) is 0 Å². The number of anilines is 1. The Balaban J connectivity index is 2.19. The second kappa shape index (κ2) is 4.18. The number of nitrogens with zero attached hydrogens (tertiary/aromatic N) is 1. The molecule has 0 bridgehead atoms. The van der Waals surface area contributed by atoms with Gasteiger partial charge in [0.25, 0.3) is 0 Å². The molecular weight excluding hydrogens is 224 g/mol. The van der Waals surface area contributed by atoms with Gasteiger partial charge in [-0.25, -0.2) is 4.98 Å². The van der Waals surface area contributed by atoms with Crippen molar-refractivity contribution in [2.75, 3.05) is 5.73 Å². The van der Waals surface area contributed by atoms with E-state index in [1.165, 1.54) is 5.56 Å². The first-order valence-corrected chi connectivity index (χ1v) is 6.02. The maximum atomic E-state index is 5.78. The number of benzene rings is 2. The molecule has 2 aromatic carbocycles. The van der Waals surface area contributed by atoms with Crippen LogP contribution in [0.3, 0.4) is 0 Å². The molecule has 0 aliphatic heterocycles. The average Bonchev–Trinajstić information content (AvgIpc) is 2.81. The minimum atomic E-state index is 0.660. The molecule has 2 N–H and O–H groups in total. The Morgan fingerprint density at radius 3 is 2.83 bits per heavy atom. The van der Waals surface area contributed by atoms with Gasteiger partial charge in [0.1, 0.15) is 5.52 Å². The van der Waals surface area contributed by atoms with E-state index in [-0.39, 0.29) is 0 Å². The number of aryl methyl sites for hydroxylation is 1. The van der Waals surface area contributed by atoms with Crippen LogP contribution in [0.5, 0.6) is 0 Å². The highest BCUT2D eigenvalue weighted by Gasteiger charge is 2.10. The van der Waals surface area contributed by atoms with E-state index in [9.17, 15) is 0 Å². The highest BCUT2D eigenvalue weighted by Crippen LogP contribution is 2.28. The van der Waals surface area contributed by atoms with Gasteiger partial charge in [-0.15, -0.1) is 0 Å². The van der Waals surface area contributed by atoms with E-state index in [4.69, 9.17) is 10.2 Å². The molecule has 0 amide bonds. The number of fused-ring (bicyclic) bond motifs is 1. The molecule has 0 fully saturated rings. The van der Waals surface area contributed by atoms with Crippen molar-refractivity contribution in [2.45, 2.75) is 13.3 Å². The second-order valence-corrected chi connectivity index (χ2v) is 4.26. The zero-order chi connectivity index (χ0) is 12.5. The number of oxazole rings is 1. The lowest BCUT2D eigenvalue weighted by molar-refractivity contribution is 0.619. The van der Waals surface area contributed by atoms with Crippen LogP contribution in [0, 0.1) is 0 Å². The molecular formula is C15H14N2O. The van der Waals surface area contributed by atoms with E-state index in [1.807, 2.05) is 36.4 Å². The molecule has 3 heteroatoms. The van der Waals surface area contributed by atoms with Crippen LogP contribution in [-0.2, 0) is 6.42 Å². The molecule has 0 aliphatic rings. The smallest absolute Gasteiger partial charge is 0.227 e. The largest absolute Gasteiger partial charge is 0.436 e. The molecule has 90 valence electrons. The number of hydrogen-bond acceptors (Lipinski definition) is 3. The molecule has 0 unspecified atom stereocenters. The van der Waals surface area contributed by atoms with Crippen molar-refractivity contribution in [1.29, 1.82) is 0 Å². The Kier molecular flexibility index (Phi) is 2.52. The summed E-state index contributed by atoms with van der Waals surface area (Å²) < 4.78 is 5.78. The van der Waals surface area contributed by atoms with Crippen LogP contribution < -0.4 is 5.73 Å². The average molecular weight is 238 g/mol. The molecule has 3 aromatic rings. The number of rotatable bonds is 2. The third-order valence-corrected chi connectivity index (χ3v) is 3.04. The van der Waals surface area contributed by atoms with Gasteiger partial charge >= 0.3 is 0 Å². The van der Waals surface area contributed by atoms with Crippen LogP contribution in [-0.4, -0.2) is 4.98 Å². The van der Waals surface area contributed by atoms with Gasteiger partial charge in [0.05, 0.1) is 0 Å². The summed E-state index contributed by atoms with van der Waals surface area (Å²) in [5.41, 5.74) is 10.3. The Hall–Kier alpha value is -2.29. The van der Waals surface area contributed by atoms with Gasteiger partial charge in [-0.3, -0.25) is 0 Å². The molecule has 0 radical (unpaired) electrons. The standard InChI is InChI=1S/C15H14N2O/c1-2-10-5-3-4-6-12(10)15-17-13-9-11(16)7-8-14(13)18-15/h3-9H,2,16H2,1H3. The van der Waals surface area contributed by atoms with Crippen molar-refractivity contribution in [3.8, 4) is 11.5 Å². The third-order valence-electron chi connectivity index (χ3n) is 3.04. The van der Waals surface area contributed by atoms with Crippen LogP contribution in [0.1, 0.15) is 12.5 Å². The summed E-state index contributed by atoms with van der Waals surface area (Å²) in [6, 6.07) is 13.7. The van der Waals surface area contributed by atoms with E-state index in [1.54, 1.807) is 0 Å². The maximum absolute atomic E-state index is 5.78. The molecule has 0 saturated heterocycles. The Bertz CT molecular complexity index is 701. The Labute approximate surface area is 105 Å². The van der Waals surface area contributed by atoms with Gasteiger partial charge in [-0.1, -0.05) is 25.1 Å². The van der Waals surface area contributed by atoms with Crippen molar-refractivity contribution in [3.63, 3.8) is 0 Å². The van der Waals surface area contributed by atoms with Crippen LogP contribution >= 0.6 is 0 Å². The quantitative estimate of drug-likeness (QED) is 0.693. The lowest BCUT2D eigenvalue weighted by Gasteiger charge is -2.02. The van der Waals surface area contributed by atoms with E-state index in [0.29, 0.717) is 11.6 Å². The zero-order valence-electron chi connectivity index (χ0n) is 10.2. The number of nitrogen functional groups attached to an aromatic ring is 1. The van der Waals surface area contributed by atoms with Gasteiger partial charge in [0.2, 0.25) is 5.89 Å². The predicted octanol–water partition coefficient (Wildman–Crippen LogP) is 3.64. The maximum Gasteiger partial charge on any atom is 0.227 e. The third kappa shape index (κ3) is 1.74. The van der Waals surface area contributed by atoms with Crippen LogP contribution in [0.4, 0.5) is 5.69 Å². The van der Waals surface area contributed by atoms with E-state index in [2.05, 4.69) is 18.0 Å². The fraction of sp³-hybridized carbons (Fsp3) is 0.133. The molecule has 3 nitrogen and oxygen atoms in total. The molecule has 3 rings (SSSR count). The Morgan fingerprint density at radius 1 is 1.17 bits per heavy atom. The molecule has 0 atom stereocenters. The minimum Gasteiger partial charge on any atom is -0.436 e. The summed E-state index contributed by atoms with van der Waals surface area (Å²) in [5.74, 6) is 0.660. The predicted molar refractivity (Wildman–Crippen MR) is 73.2 cm³/mol. The highest BCUT2D eigenvalue weighted by molar-refractivity contribution is 5.79. The van der Waals surface area contributed by atoms with Crippen molar-refractivity contribution in [2.24, 2.45) is 0 Å². The van der Waals surface area contributed by atoms with Gasteiger partial charge in [0, 0.05) is 11.3 Å². The summed E-state index contributed by atoms with van der Waals surface area (Å²) in [6.07, 6.45) is 0.955. The topological polar surface area (TPSA) is 52.0 Å².